The lowest BCUT2D eigenvalue weighted by atomic mass is 10.0. The second kappa shape index (κ2) is 7.59. The minimum atomic E-state index is -0.576. The Kier molecular flexibility index (Phi) is 5.48. The van der Waals surface area contributed by atoms with Crippen LogP contribution in [0.4, 0.5) is 4.39 Å². The van der Waals surface area contributed by atoms with Gasteiger partial charge in [-0.15, -0.1) is 0 Å². The van der Waals surface area contributed by atoms with Crippen molar-refractivity contribution in [3.8, 4) is 0 Å². The van der Waals surface area contributed by atoms with E-state index in [1.54, 1.807) is 18.2 Å². The number of amides is 1. The molecule has 6 heteroatoms. The lowest BCUT2D eigenvalue weighted by Crippen LogP contribution is -2.58. The Bertz CT molecular complexity index is 567. The number of piperazine rings is 1. The predicted molar refractivity (Wildman–Crippen MR) is 90.2 cm³/mol. The second-order valence-corrected chi connectivity index (χ2v) is 6.78. The molecule has 5 nitrogen and oxygen atoms in total. The molecular weight excluding hydrogens is 309 g/mol. The number of nitrogens with zero attached hydrogens (tertiary/aromatic N) is 2. The Labute approximate surface area is 142 Å². The average molecular weight is 335 g/mol. The molecule has 1 aromatic carbocycles. The molecule has 0 saturated carbocycles. The largest absolute Gasteiger partial charge is 0.379 e. The van der Waals surface area contributed by atoms with E-state index in [1.807, 2.05) is 9.80 Å². The van der Waals surface area contributed by atoms with Crippen LogP contribution in [-0.2, 0) is 9.53 Å². The van der Waals surface area contributed by atoms with Crippen molar-refractivity contribution in [2.24, 2.45) is 0 Å². The van der Waals surface area contributed by atoms with Gasteiger partial charge in [-0.25, -0.2) is 4.39 Å². The first-order valence-electron chi connectivity index (χ1n) is 8.67. The predicted octanol–water partition coefficient (Wildman–Crippen LogP) is 1.41. The van der Waals surface area contributed by atoms with Gasteiger partial charge in [0.15, 0.2) is 0 Å². The van der Waals surface area contributed by atoms with Crippen molar-refractivity contribution in [2.75, 3.05) is 39.4 Å². The number of nitrogens with one attached hydrogen (secondary N) is 1. The van der Waals surface area contributed by atoms with Crippen molar-refractivity contribution in [3.63, 3.8) is 0 Å². The smallest absolute Gasteiger partial charge is 0.244 e. The number of rotatable bonds is 3. The summed E-state index contributed by atoms with van der Waals surface area (Å²) in [6, 6.07) is 6.51. The van der Waals surface area contributed by atoms with Crippen molar-refractivity contribution in [2.45, 2.75) is 32.0 Å². The van der Waals surface area contributed by atoms with Crippen LogP contribution < -0.4 is 5.32 Å². The molecule has 0 unspecified atom stereocenters. The van der Waals surface area contributed by atoms with Gasteiger partial charge in [-0.1, -0.05) is 18.2 Å². The van der Waals surface area contributed by atoms with Crippen LogP contribution in [0, 0.1) is 5.82 Å². The van der Waals surface area contributed by atoms with Gasteiger partial charge in [-0.05, 0) is 19.9 Å². The lowest BCUT2D eigenvalue weighted by molar-refractivity contribution is -0.141. The highest BCUT2D eigenvalue weighted by Crippen LogP contribution is 2.27. The first kappa shape index (κ1) is 17.3. The molecule has 1 aromatic rings. The highest BCUT2D eigenvalue weighted by atomic mass is 19.1. The summed E-state index contributed by atoms with van der Waals surface area (Å²) < 4.78 is 19.8. The maximum Gasteiger partial charge on any atom is 0.244 e. The normalized spacial score (nSPS) is 27.0. The number of halogens is 1. The molecule has 2 fully saturated rings. The molecule has 132 valence electrons. The molecule has 1 amide bonds. The van der Waals surface area contributed by atoms with Crippen LogP contribution in [0.15, 0.2) is 24.3 Å². The molecule has 0 aromatic heterocycles. The Hall–Kier alpha value is -1.50. The number of ether oxygens (including phenoxy) is 1. The third kappa shape index (κ3) is 3.77. The fourth-order valence-electron chi connectivity index (χ4n) is 3.70. The van der Waals surface area contributed by atoms with Crippen molar-refractivity contribution >= 4 is 5.91 Å². The molecule has 3 atom stereocenters. The standard InChI is InChI=1S/C18H26FN3O2/c1-13-11-22(12-14(2)20-13)18(23)17(21-7-9-24-10-8-21)15-5-3-4-6-16(15)19/h3-6,13-14,17,20H,7-12H2,1-2H3/t13-,14+,17-/m0/s1. The summed E-state index contributed by atoms with van der Waals surface area (Å²) in [5.41, 5.74) is 0.461. The zero-order valence-electron chi connectivity index (χ0n) is 14.4. The summed E-state index contributed by atoms with van der Waals surface area (Å²) in [6.45, 7) is 7.88. The third-order valence-corrected chi connectivity index (χ3v) is 4.71. The zero-order valence-corrected chi connectivity index (χ0v) is 14.4. The number of carbonyl (C=O) groups is 1. The van der Waals surface area contributed by atoms with Crippen molar-refractivity contribution in [1.82, 2.24) is 15.1 Å². The summed E-state index contributed by atoms with van der Waals surface area (Å²) in [5.74, 6) is -0.333. The quantitative estimate of drug-likeness (QED) is 0.907. The molecule has 2 heterocycles. The van der Waals surface area contributed by atoms with E-state index < -0.39 is 6.04 Å². The highest BCUT2D eigenvalue weighted by Gasteiger charge is 2.36. The van der Waals surface area contributed by atoms with Gasteiger partial charge in [-0.3, -0.25) is 9.69 Å². The van der Waals surface area contributed by atoms with Gasteiger partial charge in [-0.2, -0.15) is 0 Å². The van der Waals surface area contributed by atoms with Crippen LogP contribution in [0.2, 0.25) is 0 Å². The summed E-state index contributed by atoms with van der Waals surface area (Å²) >= 11 is 0. The Morgan fingerprint density at radius 2 is 1.83 bits per heavy atom. The van der Waals surface area contributed by atoms with Crippen LogP contribution in [0.1, 0.15) is 25.5 Å². The number of benzene rings is 1. The van der Waals surface area contributed by atoms with E-state index in [4.69, 9.17) is 4.74 Å². The van der Waals surface area contributed by atoms with E-state index in [0.717, 1.165) is 0 Å². The van der Waals surface area contributed by atoms with Crippen molar-refractivity contribution in [1.29, 1.82) is 0 Å². The van der Waals surface area contributed by atoms with Crippen LogP contribution in [0.25, 0.3) is 0 Å². The van der Waals surface area contributed by atoms with Crippen molar-refractivity contribution in [3.05, 3.63) is 35.6 Å². The fourth-order valence-corrected chi connectivity index (χ4v) is 3.70. The fraction of sp³-hybridized carbons (Fsp3) is 0.611. The van der Waals surface area contributed by atoms with Gasteiger partial charge >= 0.3 is 0 Å². The van der Waals surface area contributed by atoms with Gasteiger partial charge in [0.1, 0.15) is 11.9 Å². The van der Waals surface area contributed by atoms with Crippen LogP contribution in [0.3, 0.4) is 0 Å². The van der Waals surface area contributed by atoms with E-state index in [1.165, 1.54) is 6.07 Å². The molecule has 24 heavy (non-hydrogen) atoms. The lowest BCUT2D eigenvalue weighted by Gasteiger charge is -2.41. The maximum absolute atomic E-state index is 14.4. The molecule has 0 radical (unpaired) electrons. The first-order valence-corrected chi connectivity index (χ1v) is 8.67. The summed E-state index contributed by atoms with van der Waals surface area (Å²) in [4.78, 5) is 17.2. The van der Waals surface area contributed by atoms with Gasteiger partial charge in [0.25, 0.3) is 0 Å². The molecular formula is C18H26FN3O2. The number of carbonyl (C=O) groups excluding carboxylic acids is 1. The van der Waals surface area contributed by atoms with Gasteiger partial charge in [0, 0.05) is 43.8 Å². The molecule has 0 aliphatic carbocycles. The third-order valence-electron chi connectivity index (χ3n) is 4.71. The Balaban J connectivity index is 1.89. The zero-order chi connectivity index (χ0) is 17.1. The Morgan fingerprint density at radius 1 is 1.21 bits per heavy atom. The van der Waals surface area contributed by atoms with Gasteiger partial charge < -0.3 is 15.0 Å². The molecule has 3 rings (SSSR count). The minimum absolute atomic E-state index is 0.0119. The van der Waals surface area contributed by atoms with Gasteiger partial charge in [0.05, 0.1) is 13.2 Å². The maximum atomic E-state index is 14.4. The molecule has 2 aliphatic rings. The van der Waals surface area contributed by atoms with Crippen LogP contribution in [0.5, 0.6) is 0 Å². The summed E-state index contributed by atoms with van der Waals surface area (Å²) in [5, 5.41) is 3.43. The number of hydrogen-bond donors (Lipinski definition) is 1. The molecule has 2 saturated heterocycles. The Morgan fingerprint density at radius 3 is 2.46 bits per heavy atom. The topological polar surface area (TPSA) is 44.8 Å². The van der Waals surface area contributed by atoms with E-state index in [2.05, 4.69) is 19.2 Å². The SMILES string of the molecule is C[C@@H]1CN(C(=O)[C@H](c2ccccc2F)N2CCOCC2)C[C@H](C)N1. The van der Waals surface area contributed by atoms with E-state index >= 15 is 0 Å². The molecule has 0 bridgehead atoms. The highest BCUT2D eigenvalue weighted by molar-refractivity contribution is 5.83. The summed E-state index contributed by atoms with van der Waals surface area (Å²) in [6.07, 6.45) is 0. The number of hydrogen-bond acceptors (Lipinski definition) is 4. The molecule has 1 N–H and O–H groups in total. The van der Waals surface area contributed by atoms with Gasteiger partial charge in [0.2, 0.25) is 5.91 Å². The monoisotopic (exact) mass is 335 g/mol. The second-order valence-electron chi connectivity index (χ2n) is 6.78. The summed E-state index contributed by atoms with van der Waals surface area (Å²) in [7, 11) is 0. The molecule has 2 aliphatic heterocycles. The van der Waals surface area contributed by atoms with Crippen molar-refractivity contribution < 1.29 is 13.9 Å². The van der Waals surface area contributed by atoms with Crippen LogP contribution in [-0.4, -0.2) is 67.2 Å². The van der Waals surface area contributed by atoms with Crippen LogP contribution >= 0.6 is 0 Å². The van der Waals surface area contributed by atoms with E-state index in [0.29, 0.717) is 45.0 Å². The number of morpholine rings is 1. The van der Waals surface area contributed by atoms with E-state index in [9.17, 15) is 9.18 Å². The first-order chi connectivity index (χ1) is 11.6. The molecule has 0 spiro atoms. The minimum Gasteiger partial charge on any atom is -0.379 e. The van der Waals surface area contributed by atoms with E-state index in [-0.39, 0.29) is 23.8 Å². The average Bonchev–Trinajstić information content (AvgIpc) is 2.57.